The van der Waals surface area contributed by atoms with Gasteiger partial charge in [-0.2, -0.15) is 0 Å². The highest BCUT2D eigenvalue weighted by molar-refractivity contribution is 7.92. The number of nitrogens with zero attached hydrogens (tertiary/aromatic N) is 4. The minimum Gasteiger partial charge on any atom is -0.294 e. The van der Waals surface area contributed by atoms with Gasteiger partial charge in [0.05, 0.1) is 48.9 Å². The summed E-state index contributed by atoms with van der Waals surface area (Å²) in [6.45, 7) is 2.03. The molecule has 0 atom stereocenters. The zero-order valence-electron chi connectivity index (χ0n) is 19.4. The van der Waals surface area contributed by atoms with Gasteiger partial charge in [-0.05, 0) is 36.4 Å². The third kappa shape index (κ3) is 2.90. The minimum atomic E-state index is -3.70. The molecule has 0 saturated heterocycles. The van der Waals surface area contributed by atoms with Crippen molar-refractivity contribution in [3.63, 3.8) is 0 Å². The molecule has 0 bridgehead atoms. The lowest BCUT2D eigenvalue weighted by Crippen LogP contribution is -2.16. The normalized spacial score (nSPS) is 13.7. The first kappa shape index (κ1) is 21.0. The largest absolute Gasteiger partial charge is 0.294 e. The Labute approximate surface area is 207 Å². The zero-order valence-corrected chi connectivity index (χ0v) is 20.2. The highest BCUT2D eigenvalue weighted by Crippen LogP contribution is 2.41. The predicted octanol–water partition coefficient (Wildman–Crippen LogP) is 6.01. The molecule has 0 N–H and O–H groups in total. The summed E-state index contributed by atoms with van der Waals surface area (Å²) in [6, 6.07) is 28.4. The van der Waals surface area contributed by atoms with Crippen LogP contribution in [0.25, 0.3) is 50.3 Å². The number of aryl methyl sites for hydroxylation is 1. The molecule has 1 aliphatic heterocycles. The lowest BCUT2D eigenvalue weighted by atomic mass is 10.0. The minimum absolute atomic E-state index is 0.272. The summed E-state index contributed by atoms with van der Waals surface area (Å²) in [5, 5.41) is 0. The van der Waals surface area contributed by atoms with Crippen molar-refractivity contribution in [2.24, 2.45) is 0 Å². The summed E-state index contributed by atoms with van der Waals surface area (Å²) >= 11 is 0. The van der Waals surface area contributed by atoms with E-state index in [9.17, 15) is 8.42 Å². The van der Waals surface area contributed by atoms with Crippen LogP contribution in [0.2, 0.25) is 0 Å². The van der Waals surface area contributed by atoms with E-state index in [1.807, 2.05) is 84.3 Å². The van der Waals surface area contributed by atoms with E-state index in [4.69, 9.17) is 15.0 Å². The fraction of sp³-hybridized carbons (Fsp3) is 0.0690. The lowest BCUT2D eigenvalue weighted by Gasteiger charge is -2.22. The Kier molecular flexibility index (Phi) is 4.41. The summed E-state index contributed by atoms with van der Waals surface area (Å²) in [6.07, 6.45) is 0.670. The van der Waals surface area contributed by atoms with E-state index in [-0.39, 0.29) is 4.90 Å². The average molecular weight is 489 g/mol. The van der Waals surface area contributed by atoms with Crippen molar-refractivity contribution < 1.29 is 8.42 Å². The molecule has 0 saturated carbocycles. The summed E-state index contributed by atoms with van der Waals surface area (Å²) in [4.78, 5) is 15.3. The number of sulfone groups is 1. The van der Waals surface area contributed by atoms with Crippen molar-refractivity contribution in [3.8, 4) is 28.2 Å². The van der Waals surface area contributed by atoms with E-state index in [1.165, 1.54) is 0 Å². The third-order valence-corrected chi connectivity index (χ3v) is 8.53. The van der Waals surface area contributed by atoms with Crippen LogP contribution in [0, 0.1) is 0 Å². The highest BCUT2D eigenvalue weighted by atomic mass is 32.2. The fourth-order valence-corrected chi connectivity index (χ4v) is 6.66. The first-order valence-corrected chi connectivity index (χ1v) is 13.3. The molecule has 4 aromatic carbocycles. The molecule has 0 unspecified atom stereocenters. The van der Waals surface area contributed by atoms with E-state index < -0.39 is 9.84 Å². The molecular weight excluding hydrogens is 468 g/mol. The molecule has 0 spiro atoms. The number of aromatic nitrogens is 4. The molecule has 7 heteroatoms. The van der Waals surface area contributed by atoms with Gasteiger partial charge in [0.15, 0.2) is 0 Å². The molecule has 36 heavy (non-hydrogen) atoms. The van der Waals surface area contributed by atoms with Crippen molar-refractivity contribution in [2.75, 3.05) is 0 Å². The number of rotatable bonds is 3. The van der Waals surface area contributed by atoms with Gasteiger partial charge in [0.25, 0.3) is 0 Å². The number of para-hydroxylation sites is 3. The van der Waals surface area contributed by atoms with Gasteiger partial charge in [-0.15, -0.1) is 0 Å². The summed E-state index contributed by atoms with van der Waals surface area (Å²) in [5.41, 5.74) is 6.69. The number of benzene rings is 4. The van der Waals surface area contributed by atoms with E-state index in [1.54, 1.807) is 18.2 Å². The van der Waals surface area contributed by atoms with Gasteiger partial charge in [0.1, 0.15) is 5.82 Å². The monoisotopic (exact) mass is 488 g/mol. The molecule has 1 aliphatic rings. The van der Waals surface area contributed by atoms with Crippen LogP contribution in [0.1, 0.15) is 12.7 Å². The van der Waals surface area contributed by atoms with Crippen LogP contribution < -0.4 is 0 Å². The highest BCUT2D eigenvalue weighted by Gasteiger charge is 2.33. The van der Waals surface area contributed by atoms with Crippen LogP contribution >= 0.6 is 0 Å². The fourth-order valence-electron chi connectivity index (χ4n) is 5.04. The second kappa shape index (κ2) is 7.57. The quantitative estimate of drug-likeness (QED) is 0.304. The predicted molar refractivity (Wildman–Crippen MR) is 140 cm³/mol. The van der Waals surface area contributed by atoms with Crippen molar-refractivity contribution in [1.82, 2.24) is 19.5 Å². The van der Waals surface area contributed by atoms with Crippen molar-refractivity contribution in [3.05, 3.63) is 96.8 Å². The van der Waals surface area contributed by atoms with Crippen LogP contribution in [0.15, 0.2) is 101 Å². The molecule has 7 rings (SSSR count). The molecule has 6 aromatic rings. The van der Waals surface area contributed by atoms with Crippen LogP contribution in [0.4, 0.5) is 0 Å². The van der Waals surface area contributed by atoms with Gasteiger partial charge in [0.2, 0.25) is 9.84 Å². The van der Waals surface area contributed by atoms with Crippen LogP contribution in [0.3, 0.4) is 0 Å². The zero-order chi connectivity index (χ0) is 24.4. The topological polar surface area (TPSA) is 77.7 Å². The number of hydrogen-bond donors (Lipinski definition) is 0. The second-order valence-corrected chi connectivity index (χ2v) is 10.7. The number of hydrogen-bond acceptors (Lipinski definition) is 5. The second-order valence-electron chi connectivity index (χ2n) is 8.80. The molecule has 0 radical (unpaired) electrons. The molecule has 2 aromatic heterocycles. The first-order chi connectivity index (χ1) is 17.6. The first-order valence-electron chi connectivity index (χ1n) is 11.8. The van der Waals surface area contributed by atoms with E-state index in [0.29, 0.717) is 33.7 Å². The van der Waals surface area contributed by atoms with Crippen LogP contribution in [-0.4, -0.2) is 27.9 Å². The smallest absolute Gasteiger partial charge is 0.210 e. The van der Waals surface area contributed by atoms with E-state index >= 15 is 0 Å². The Hall–Kier alpha value is -4.36. The summed E-state index contributed by atoms with van der Waals surface area (Å²) in [7, 11) is -3.70. The Balaban J connectivity index is 1.56. The van der Waals surface area contributed by atoms with Crippen molar-refractivity contribution >= 4 is 31.9 Å². The molecular formula is C29H20N4O2S. The Morgan fingerprint density at radius 2 is 1.33 bits per heavy atom. The maximum absolute atomic E-state index is 13.6. The standard InChI is InChI=1S/C29H20N4O2S/c1-2-26-30-22-13-8-14-25-29(22)33(26)23-17-19(15-16-24(23)36(25,34)35)28-27(18-9-4-3-5-10-18)31-20-11-6-7-12-21(20)32-28/h3-17H,2H2,1H3. The Bertz CT molecular complexity index is 1940. The molecule has 0 aliphatic carbocycles. The molecule has 0 fully saturated rings. The van der Waals surface area contributed by atoms with Gasteiger partial charge < -0.3 is 0 Å². The van der Waals surface area contributed by atoms with E-state index in [2.05, 4.69) is 0 Å². The van der Waals surface area contributed by atoms with Gasteiger partial charge in [-0.1, -0.05) is 61.5 Å². The van der Waals surface area contributed by atoms with Crippen molar-refractivity contribution in [1.29, 1.82) is 0 Å². The van der Waals surface area contributed by atoms with Gasteiger partial charge >= 0.3 is 0 Å². The van der Waals surface area contributed by atoms with Crippen molar-refractivity contribution in [2.45, 2.75) is 23.1 Å². The third-order valence-electron chi connectivity index (χ3n) is 6.70. The van der Waals surface area contributed by atoms with E-state index in [0.717, 1.165) is 33.7 Å². The average Bonchev–Trinajstić information content (AvgIpc) is 3.31. The number of imidazole rings is 1. The molecule has 0 amide bonds. The SMILES string of the molecule is CCc1nc2cccc3c2n1-c1cc(-c2nc4ccccc4nc2-c2ccccc2)ccc1S3(=O)=O. The summed E-state index contributed by atoms with van der Waals surface area (Å²) in [5.74, 6) is 0.818. The number of fused-ring (bicyclic) bond motifs is 3. The maximum Gasteiger partial charge on any atom is 0.210 e. The Morgan fingerprint density at radius 3 is 2.06 bits per heavy atom. The van der Waals surface area contributed by atoms with Crippen LogP contribution in [0.5, 0.6) is 0 Å². The molecule has 3 heterocycles. The van der Waals surface area contributed by atoms with Gasteiger partial charge in [-0.3, -0.25) is 4.57 Å². The van der Waals surface area contributed by atoms with Crippen LogP contribution in [-0.2, 0) is 16.3 Å². The molecule has 174 valence electrons. The lowest BCUT2D eigenvalue weighted by molar-refractivity contribution is 0.594. The van der Waals surface area contributed by atoms with Gasteiger partial charge in [-0.25, -0.2) is 23.4 Å². The maximum atomic E-state index is 13.6. The molecule has 6 nitrogen and oxygen atoms in total. The van der Waals surface area contributed by atoms with Gasteiger partial charge in [0, 0.05) is 17.5 Å². The summed E-state index contributed by atoms with van der Waals surface area (Å²) < 4.78 is 29.2. The Morgan fingerprint density at radius 1 is 0.667 bits per heavy atom.